The van der Waals surface area contributed by atoms with E-state index in [1.807, 2.05) is 65.0 Å². The fraction of sp³-hybridized carbons (Fsp3) is 0.600. The summed E-state index contributed by atoms with van der Waals surface area (Å²) >= 11 is 1.20. The molecule has 0 saturated heterocycles. The lowest BCUT2D eigenvalue weighted by atomic mass is 9.96. The first kappa shape index (κ1) is 33.2. The lowest BCUT2D eigenvalue weighted by molar-refractivity contribution is -0.147. The van der Waals surface area contributed by atoms with Crippen molar-refractivity contribution in [3.05, 3.63) is 52.0 Å². The number of nitrogens with one attached hydrogen (secondary N) is 1. The largest absolute Gasteiger partial charge is 0.466 e. The number of rotatable bonds is 13. The van der Waals surface area contributed by atoms with E-state index in [2.05, 4.69) is 10.3 Å². The first-order valence-corrected chi connectivity index (χ1v) is 14.7. The van der Waals surface area contributed by atoms with Crippen molar-refractivity contribution in [1.82, 2.24) is 15.2 Å². The van der Waals surface area contributed by atoms with E-state index < -0.39 is 23.7 Å². The highest BCUT2D eigenvalue weighted by Crippen LogP contribution is 2.28. The molecule has 0 radical (unpaired) electrons. The quantitative estimate of drug-likeness (QED) is 0.308. The fourth-order valence-electron chi connectivity index (χ4n) is 4.38. The molecule has 0 bridgehead atoms. The molecule has 2 rings (SSSR count). The van der Waals surface area contributed by atoms with Crippen LogP contribution in [0.4, 0.5) is 4.79 Å². The molecule has 0 aliphatic heterocycles. The molecular formula is C30H45N3O6S. The predicted molar refractivity (Wildman–Crippen MR) is 156 cm³/mol. The standard InChI is InChI=1S/C30H45N3O6S/c1-9-38-28(36)20(4)15-22(16-21-13-11-10-12-14-21)31-26(35)23-18-40-27(32-23)25(34)17-24(19(2)3)33(8)29(37)39-30(5,6)7/h10-14,18-20,22,24-25,34H,9,15-17H2,1-8H3,(H,31,35). The van der Waals surface area contributed by atoms with Crippen LogP contribution in [-0.4, -0.2) is 64.3 Å². The monoisotopic (exact) mass is 575 g/mol. The zero-order valence-corrected chi connectivity index (χ0v) is 25.8. The second-order valence-electron chi connectivity index (χ2n) is 11.5. The Morgan fingerprint density at radius 1 is 1.10 bits per heavy atom. The highest BCUT2D eigenvalue weighted by molar-refractivity contribution is 7.09. The van der Waals surface area contributed by atoms with Gasteiger partial charge in [0.1, 0.15) is 22.4 Å². The molecule has 1 aromatic heterocycles. The van der Waals surface area contributed by atoms with E-state index in [9.17, 15) is 19.5 Å². The summed E-state index contributed by atoms with van der Waals surface area (Å²) in [6.45, 7) is 13.2. The van der Waals surface area contributed by atoms with E-state index in [4.69, 9.17) is 9.47 Å². The van der Waals surface area contributed by atoms with Crippen molar-refractivity contribution in [2.24, 2.45) is 11.8 Å². The predicted octanol–water partition coefficient (Wildman–Crippen LogP) is 5.39. The summed E-state index contributed by atoms with van der Waals surface area (Å²) in [5, 5.41) is 16.0. The van der Waals surface area contributed by atoms with Crippen molar-refractivity contribution in [1.29, 1.82) is 0 Å². The summed E-state index contributed by atoms with van der Waals surface area (Å²) in [6, 6.07) is 9.12. The van der Waals surface area contributed by atoms with Gasteiger partial charge in [-0.05, 0) is 52.0 Å². The number of aromatic nitrogens is 1. The Morgan fingerprint density at radius 2 is 1.75 bits per heavy atom. The van der Waals surface area contributed by atoms with Crippen LogP contribution in [-0.2, 0) is 20.7 Å². The first-order chi connectivity index (χ1) is 18.7. The summed E-state index contributed by atoms with van der Waals surface area (Å²) in [4.78, 5) is 44.0. The lowest BCUT2D eigenvalue weighted by Gasteiger charge is -2.34. The third-order valence-electron chi connectivity index (χ3n) is 6.44. The number of hydrogen-bond donors (Lipinski definition) is 2. The van der Waals surface area contributed by atoms with Gasteiger partial charge in [0.05, 0.1) is 12.5 Å². The molecule has 0 aliphatic carbocycles. The Bertz CT molecular complexity index is 1100. The van der Waals surface area contributed by atoms with E-state index in [-0.39, 0.29) is 42.0 Å². The molecule has 0 aliphatic rings. The second kappa shape index (κ2) is 15.1. The minimum Gasteiger partial charge on any atom is -0.466 e. The van der Waals surface area contributed by atoms with Gasteiger partial charge in [0.2, 0.25) is 0 Å². The number of nitrogens with zero attached hydrogens (tertiary/aromatic N) is 2. The molecular weight excluding hydrogens is 530 g/mol. The summed E-state index contributed by atoms with van der Waals surface area (Å²) in [5.41, 5.74) is 0.602. The number of carbonyl (C=O) groups excluding carboxylic acids is 3. The van der Waals surface area contributed by atoms with Crippen LogP contribution in [0.15, 0.2) is 35.7 Å². The number of thiazole rings is 1. The summed E-state index contributed by atoms with van der Waals surface area (Å²) < 4.78 is 10.7. The molecule has 10 heteroatoms. The van der Waals surface area contributed by atoms with Crippen LogP contribution in [0.25, 0.3) is 0 Å². The van der Waals surface area contributed by atoms with E-state index in [1.165, 1.54) is 16.2 Å². The minimum atomic E-state index is -0.965. The Balaban J connectivity index is 2.12. The summed E-state index contributed by atoms with van der Waals surface area (Å²) in [5.74, 6) is -1.02. The third kappa shape index (κ3) is 10.5. The SMILES string of the molecule is CCOC(=O)C(C)CC(Cc1ccccc1)NC(=O)c1csc(C(O)CC(C(C)C)N(C)C(=O)OC(C)(C)C)n1. The molecule has 2 amide bonds. The van der Waals surface area contributed by atoms with E-state index in [0.29, 0.717) is 24.5 Å². The molecule has 4 unspecified atom stereocenters. The van der Waals surface area contributed by atoms with Crippen LogP contribution in [0.2, 0.25) is 0 Å². The Kier molecular flexibility index (Phi) is 12.6. The van der Waals surface area contributed by atoms with Gasteiger partial charge in [-0.25, -0.2) is 9.78 Å². The maximum absolute atomic E-state index is 13.2. The van der Waals surface area contributed by atoms with Gasteiger partial charge in [0, 0.05) is 30.9 Å². The van der Waals surface area contributed by atoms with E-state index in [1.54, 1.807) is 26.3 Å². The molecule has 2 aromatic rings. The van der Waals surface area contributed by atoms with Crippen LogP contribution >= 0.6 is 11.3 Å². The second-order valence-corrected chi connectivity index (χ2v) is 12.4. The number of benzene rings is 1. The number of hydrogen-bond acceptors (Lipinski definition) is 8. The maximum atomic E-state index is 13.2. The number of carbonyl (C=O) groups is 3. The zero-order chi connectivity index (χ0) is 30.0. The third-order valence-corrected chi connectivity index (χ3v) is 7.39. The average Bonchev–Trinajstić information content (AvgIpc) is 3.37. The molecule has 4 atom stereocenters. The number of aliphatic hydroxyl groups is 1. The smallest absolute Gasteiger partial charge is 0.410 e. The van der Waals surface area contributed by atoms with Crippen molar-refractivity contribution in [2.45, 2.75) is 91.5 Å². The first-order valence-electron chi connectivity index (χ1n) is 13.8. The highest BCUT2D eigenvalue weighted by Gasteiger charge is 2.31. The molecule has 0 fully saturated rings. The molecule has 1 heterocycles. The Labute approximate surface area is 242 Å². The number of ether oxygens (including phenoxy) is 2. The van der Waals surface area contributed by atoms with Gasteiger partial charge in [0.25, 0.3) is 5.91 Å². The molecule has 40 heavy (non-hydrogen) atoms. The normalized spacial score (nSPS) is 14.7. The van der Waals surface area contributed by atoms with Gasteiger partial charge >= 0.3 is 12.1 Å². The summed E-state index contributed by atoms with van der Waals surface area (Å²) in [7, 11) is 1.66. The van der Waals surface area contributed by atoms with Crippen molar-refractivity contribution >= 4 is 29.3 Å². The van der Waals surface area contributed by atoms with Crippen LogP contribution in [0.1, 0.15) is 88.5 Å². The lowest BCUT2D eigenvalue weighted by Crippen LogP contribution is -2.44. The van der Waals surface area contributed by atoms with Gasteiger partial charge < -0.3 is 24.8 Å². The van der Waals surface area contributed by atoms with Crippen molar-refractivity contribution in [2.75, 3.05) is 13.7 Å². The van der Waals surface area contributed by atoms with E-state index >= 15 is 0 Å². The van der Waals surface area contributed by atoms with Gasteiger partial charge in [0.15, 0.2) is 0 Å². The minimum absolute atomic E-state index is 0.0510. The van der Waals surface area contributed by atoms with Gasteiger partial charge in [-0.1, -0.05) is 51.1 Å². The van der Waals surface area contributed by atoms with Gasteiger partial charge in [-0.2, -0.15) is 0 Å². The Hall–Kier alpha value is -2.98. The highest BCUT2D eigenvalue weighted by atomic mass is 32.1. The van der Waals surface area contributed by atoms with Gasteiger partial charge in [-0.3, -0.25) is 9.59 Å². The molecule has 0 saturated carbocycles. The maximum Gasteiger partial charge on any atom is 0.410 e. The van der Waals surface area contributed by atoms with Crippen molar-refractivity contribution in [3.8, 4) is 0 Å². The molecule has 0 spiro atoms. The molecule has 222 valence electrons. The van der Waals surface area contributed by atoms with Gasteiger partial charge in [-0.15, -0.1) is 11.3 Å². The average molecular weight is 576 g/mol. The zero-order valence-electron chi connectivity index (χ0n) is 25.0. The topological polar surface area (TPSA) is 118 Å². The Morgan fingerprint density at radius 3 is 2.33 bits per heavy atom. The van der Waals surface area contributed by atoms with E-state index in [0.717, 1.165) is 5.56 Å². The van der Waals surface area contributed by atoms with Crippen molar-refractivity contribution in [3.63, 3.8) is 0 Å². The van der Waals surface area contributed by atoms with Crippen LogP contribution in [0.5, 0.6) is 0 Å². The molecule has 1 aromatic carbocycles. The summed E-state index contributed by atoms with van der Waals surface area (Å²) in [6.07, 6.45) is -0.225. The molecule has 9 nitrogen and oxygen atoms in total. The number of aliphatic hydroxyl groups excluding tert-OH is 1. The van der Waals surface area contributed by atoms with Crippen LogP contribution in [0.3, 0.4) is 0 Å². The van der Waals surface area contributed by atoms with Crippen molar-refractivity contribution < 1.29 is 29.0 Å². The van der Waals surface area contributed by atoms with Crippen LogP contribution in [0, 0.1) is 11.8 Å². The number of amides is 2. The fourth-order valence-corrected chi connectivity index (χ4v) is 5.18. The number of esters is 1. The van der Waals surface area contributed by atoms with Crippen LogP contribution < -0.4 is 5.32 Å². The molecule has 2 N–H and O–H groups in total.